The van der Waals surface area contributed by atoms with E-state index >= 15 is 0 Å². The third-order valence-electron chi connectivity index (χ3n) is 2.07. The van der Waals surface area contributed by atoms with Crippen LogP contribution in [0.2, 0.25) is 0 Å². The molecule has 0 spiro atoms. The highest BCUT2D eigenvalue weighted by molar-refractivity contribution is 9.10. The fraction of sp³-hybridized carbons (Fsp3) is 0.0833. The molecule has 0 atom stereocenters. The molecule has 0 aliphatic heterocycles. The first kappa shape index (κ1) is 10.3. The predicted molar refractivity (Wildman–Crippen MR) is 61.1 cm³/mol. The van der Waals surface area contributed by atoms with Crippen LogP contribution in [0.5, 0.6) is 0 Å². The number of halogens is 2. The molecule has 0 fully saturated rings. The SMILES string of the molecule is Fc1ccc(Cc2cccc(Br)n2)cc1. The third-order valence-corrected chi connectivity index (χ3v) is 2.51. The molecule has 2 rings (SSSR count). The quantitative estimate of drug-likeness (QED) is 0.757. The van der Waals surface area contributed by atoms with Crippen LogP contribution in [0.4, 0.5) is 4.39 Å². The Labute approximate surface area is 96.1 Å². The Morgan fingerprint density at radius 2 is 1.80 bits per heavy atom. The summed E-state index contributed by atoms with van der Waals surface area (Å²) in [5.41, 5.74) is 2.03. The number of benzene rings is 1. The summed E-state index contributed by atoms with van der Waals surface area (Å²) in [6.07, 6.45) is 0.722. The Morgan fingerprint density at radius 3 is 2.47 bits per heavy atom. The minimum Gasteiger partial charge on any atom is -0.246 e. The Bertz CT molecular complexity index is 453. The van der Waals surface area contributed by atoms with E-state index in [1.165, 1.54) is 12.1 Å². The van der Waals surface area contributed by atoms with E-state index in [9.17, 15) is 4.39 Å². The monoisotopic (exact) mass is 265 g/mol. The minimum atomic E-state index is -0.207. The second-order valence-corrected chi connectivity index (χ2v) is 4.07. The van der Waals surface area contributed by atoms with Gasteiger partial charge in [-0.3, -0.25) is 0 Å². The topological polar surface area (TPSA) is 12.9 Å². The van der Waals surface area contributed by atoms with Gasteiger partial charge in [-0.25, -0.2) is 9.37 Å². The summed E-state index contributed by atoms with van der Waals surface area (Å²) in [7, 11) is 0. The number of rotatable bonds is 2. The number of hydrogen-bond donors (Lipinski definition) is 0. The molecule has 0 bridgehead atoms. The molecule has 76 valence electrons. The number of aromatic nitrogens is 1. The van der Waals surface area contributed by atoms with Crippen molar-refractivity contribution in [3.63, 3.8) is 0 Å². The first-order chi connectivity index (χ1) is 7.24. The van der Waals surface area contributed by atoms with Gasteiger partial charge in [0.05, 0.1) is 0 Å². The van der Waals surface area contributed by atoms with E-state index in [4.69, 9.17) is 0 Å². The zero-order chi connectivity index (χ0) is 10.7. The van der Waals surface area contributed by atoms with Gasteiger partial charge in [0.2, 0.25) is 0 Å². The Hall–Kier alpha value is -1.22. The molecule has 0 unspecified atom stereocenters. The molecule has 0 aliphatic rings. The lowest BCUT2D eigenvalue weighted by atomic mass is 10.1. The summed E-state index contributed by atoms with van der Waals surface area (Å²) in [6.45, 7) is 0. The lowest BCUT2D eigenvalue weighted by Crippen LogP contribution is -1.92. The zero-order valence-corrected chi connectivity index (χ0v) is 9.54. The maximum atomic E-state index is 12.7. The van der Waals surface area contributed by atoms with Gasteiger partial charge in [-0.1, -0.05) is 18.2 Å². The van der Waals surface area contributed by atoms with Gasteiger partial charge in [-0.15, -0.1) is 0 Å². The van der Waals surface area contributed by atoms with Gasteiger partial charge in [0.25, 0.3) is 0 Å². The molecule has 0 amide bonds. The van der Waals surface area contributed by atoms with E-state index in [-0.39, 0.29) is 5.82 Å². The van der Waals surface area contributed by atoms with Crippen LogP contribution in [-0.4, -0.2) is 4.98 Å². The summed E-state index contributed by atoms with van der Waals surface area (Å²) in [5, 5.41) is 0. The molecule has 1 nitrogen and oxygen atoms in total. The average Bonchev–Trinajstić information content (AvgIpc) is 2.22. The van der Waals surface area contributed by atoms with Gasteiger partial charge in [-0.05, 0) is 45.8 Å². The number of pyridine rings is 1. The highest BCUT2D eigenvalue weighted by Gasteiger charge is 1.98. The molecule has 2 aromatic rings. The van der Waals surface area contributed by atoms with E-state index in [1.807, 2.05) is 18.2 Å². The fourth-order valence-electron chi connectivity index (χ4n) is 1.36. The molecule has 0 saturated heterocycles. The second kappa shape index (κ2) is 4.53. The molecule has 1 aromatic carbocycles. The maximum Gasteiger partial charge on any atom is 0.123 e. The Kier molecular flexibility index (Phi) is 3.11. The smallest absolute Gasteiger partial charge is 0.123 e. The van der Waals surface area contributed by atoms with Crippen molar-refractivity contribution in [2.75, 3.05) is 0 Å². The fourth-order valence-corrected chi connectivity index (χ4v) is 1.74. The van der Waals surface area contributed by atoms with Crippen LogP contribution in [0.15, 0.2) is 47.1 Å². The van der Waals surface area contributed by atoms with Crippen LogP contribution >= 0.6 is 15.9 Å². The van der Waals surface area contributed by atoms with Crippen molar-refractivity contribution in [3.05, 3.63) is 64.1 Å². The standard InChI is InChI=1S/C12H9BrFN/c13-12-3-1-2-11(15-12)8-9-4-6-10(14)7-5-9/h1-7H,8H2. The van der Waals surface area contributed by atoms with Gasteiger partial charge in [0, 0.05) is 12.1 Å². The van der Waals surface area contributed by atoms with E-state index < -0.39 is 0 Å². The van der Waals surface area contributed by atoms with Crippen molar-refractivity contribution in [2.24, 2.45) is 0 Å². The van der Waals surface area contributed by atoms with Crippen molar-refractivity contribution >= 4 is 15.9 Å². The van der Waals surface area contributed by atoms with Crippen molar-refractivity contribution in [2.45, 2.75) is 6.42 Å². The van der Waals surface area contributed by atoms with Crippen molar-refractivity contribution in [1.29, 1.82) is 0 Å². The molecule has 15 heavy (non-hydrogen) atoms. The van der Waals surface area contributed by atoms with Crippen LogP contribution < -0.4 is 0 Å². The van der Waals surface area contributed by atoms with Crippen LogP contribution in [0.1, 0.15) is 11.3 Å². The normalized spacial score (nSPS) is 10.3. The third kappa shape index (κ3) is 2.86. The van der Waals surface area contributed by atoms with E-state index in [0.717, 1.165) is 22.3 Å². The molecule has 0 N–H and O–H groups in total. The molecular formula is C12H9BrFN. The van der Waals surface area contributed by atoms with Crippen molar-refractivity contribution < 1.29 is 4.39 Å². The largest absolute Gasteiger partial charge is 0.246 e. The Morgan fingerprint density at radius 1 is 1.07 bits per heavy atom. The Balaban J connectivity index is 2.18. The predicted octanol–water partition coefficient (Wildman–Crippen LogP) is 3.57. The van der Waals surface area contributed by atoms with Crippen LogP contribution in [0.3, 0.4) is 0 Å². The molecule has 1 aromatic heterocycles. The summed E-state index contributed by atoms with van der Waals surface area (Å²) in [6, 6.07) is 12.3. The summed E-state index contributed by atoms with van der Waals surface area (Å²) in [4.78, 5) is 4.31. The zero-order valence-electron chi connectivity index (χ0n) is 7.95. The number of hydrogen-bond acceptors (Lipinski definition) is 1. The van der Waals surface area contributed by atoms with Crippen LogP contribution in [-0.2, 0) is 6.42 Å². The van der Waals surface area contributed by atoms with E-state index in [1.54, 1.807) is 12.1 Å². The summed E-state index contributed by atoms with van der Waals surface area (Å²) < 4.78 is 13.5. The van der Waals surface area contributed by atoms with E-state index in [2.05, 4.69) is 20.9 Å². The lowest BCUT2D eigenvalue weighted by Gasteiger charge is -2.01. The van der Waals surface area contributed by atoms with Gasteiger partial charge in [0.1, 0.15) is 10.4 Å². The van der Waals surface area contributed by atoms with Gasteiger partial charge in [-0.2, -0.15) is 0 Å². The molecule has 0 radical (unpaired) electrons. The second-order valence-electron chi connectivity index (χ2n) is 3.25. The molecule has 1 heterocycles. The lowest BCUT2D eigenvalue weighted by molar-refractivity contribution is 0.627. The summed E-state index contributed by atoms with van der Waals surface area (Å²) in [5.74, 6) is -0.207. The molecule has 0 saturated carbocycles. The molecule has 0 aliphatic carbocycles. The first-order valence-electron chi connectivity index (χ1n) is 4.60. The van der Waals surface area contributed by atoms with Gasteiger partial charge >= 0.3 is 0 Å². The average molecular weight is 266 g/mol. The van der Waals surface area contributed by atoms with Crippen LogP contribution in [0.25, 0.3) is 0 Å². The van der Waals surface area contributed by atoms with Gasteiger partial charge in [0.15, 0.2) is 0 Å². The van der Waals surface area contributed by atoms with Gasteiger partial charge < -0.3 is 0 Å². The molecular weight excluding hydrogens is 257 g/mol. The minimum absolute atomic E-state index is 0.207. The van der Waals surface area contributed by atoms with Crippen molar-refractivity contribution in [3.8, 4) is 0 Å². The summed E-state index contributed by atoms with van der Waals surface area (Å²) >= 11 is 3.32. The first-order valence-corrected chi connectivity index (χ1v) is 5.39. The van der Waals surface area contributed by atoms with Crippen LogP contribution in [0, 0.1) is 5.82 Å². The maximum absolute atomic E-state index is 12.7. The highest BCUT2D eigenvalue weighted by atomic mass is 79.9. The molecule has 3 heteroatoms. The highest BCUT2D eigenvalue weighted by Crippen LogP contribution is 2.11. The number of nitrogens with zero attached hydrogens (tertiary/aromatic N) is 1. The van der Waals surface area contributed by atoms with E-state index in [0.29, 0.717) is 0 Å². The van der Waals surface area contributed by atoms with Crippen molar-refractivity contribution in [1.82, 2.24) is 4.98 Å².